The fourth-order valence-corrected chi connectivity index (χ4v) is 2.81. The highest BCUT2D eigenvalue weighted by molar-refractivity contribution is 5.51. The van der Waals surface area contributed by atoms with E-state index in [0.29, 0.717) is 5.41 Å². The summed E-state index contributed by atoms with van der Waals surface area (Å²) in [5.74, 6) is 0. The van der Waals surface area contributed by atoms with Crippen molar-refractivity contribution in [3.63, 3.8) is 0 Å². The van der Waals surface area contributed by atoms with Gasteiger partial charge in [0.1, 0.15) is 0 Å². The number of rotatable bonds is 2. The minimum atomic E-state index is 0.373. The van der Waals surface area contributed by atoms with Crippen LogP contribution in [0.4, 0.5) is 0 Å². The van der Waals surface area contributed by atoms with Crippen molar-refractivity contribution in [2.75, 3.05) is 13.1 Å². The molecule has 1 saturated heterocycles. The van der Waals surface area contributed by atoms with Gasteiger partial charge in [-0.05, 0) is 37.5 Å². The summed E-state index contributed by atoms with van der Waals surface area (Å²) in [6.07, 6.45) is 8.36. The first-order valence-corrected chi connectivity index (χ1v) is 5.59. The van der Waals surface area contributed by atoms with Crippen molar-refractivity contribution in [1.82, 2.24) is 5.32 Å². The Kier molecular flexibility index (Phi) is 2.66. The first-order chi connectivity index (χ1) is 7.19. The van der Waals surface area contributed by atoms with Crippen LogP contribution in [-0.2, 0) is 0 Å². The van der Waals surface area contributed by atoms with Gasteiger partial charge in [-0.15, -0.1) is 0 Å². The van der Waals surface area contributed by atoms with Crippen molar-refractivity contribution in [3.05, 3.63) is 48.1 Å². The van der Waals surface area contributed by atoms with E-state index in [2.05, 4.69) is 31.5 Å². The van der Waals surface area contributed by atoms with Gasteiger partial charge in [0.05, 0.1) is 0 Å². The molecule has 1 heteroatoms. The third-order valence-corrected chi connectivity index (χ3v) is 3.77. The molecule has 0 bridgehead atoms. The molecule has 0 saturated carbocycles. The molecular weight excluding hydrogens is 182 g/mol. The van der Waals surface area contributed by atoms with Crippen LogP contribution in [0.25, 0.3) is 0 Å². The van der Waals surface area contributed by atoms with E-state index >= 15 is 0 Å². The van der Waals surface area contributed by atoms with E-state index in [9.17, 15) is 0 Å². The average Bonchev–Trinajstić information content (AvgIpc) is 2.75. The molecule has 0 aromatic carbocycles. The van der Waals surface area contributed by atoms with Gasteiger partial charge in [0.2, 0.25) is 0 Å². The van der Waals surface area contributed by atoms with Gasteiger partial charge >= 0.3 is 0 Å². The molecule has 2 rings (SSSR count). The summed E-state index contributed by atoms with van der Waals surface area (Å²) >= 11 is 0. The first-order valence-electron chi connectivity index (χ1n) is 5.59. The highest BCUT2D eigenvalue weighted by atomic mass is 14.9. The van der Waals surface area contributed by atoms with Crippen molar-refractivity contribution in [2.24, 2.45) is 5.41 Å². The second-order valence-corrected chi connectivity index (χ2v) is 4.62. The lowest BCUT2D eigenvalue weighted by Gasteiger charge is -2.23. The lowest BCUT2D eigenvalue weighted by Crippen LogP contribution is -2.22. The Bertz CT molecular complexity index is 352. The molecule has 80 valence electrons. The lowest BCUT2D eigenvalue weighted by atomic mass is 9.80. The van der Waals surface area contributed by atoms with Crippen LogP contribution in [0.5, 0.6) is 0 Å². The van der Waals surface area contributed by atoms with E-state index in [-0.39, 0.29) is 0 Å². The maximum atomic E-state index is 4.19. The zero-order valence-corrected chi connectivity index (χ0v) is 9.47. The van der Waals surface area contributed by atoms with Crippen LogP contribution in [0, 0.1) is 5.41 Å². The smallest absolute Gasteiger partial charge is 0.00953 e. The normalized spacial score (nSPS) is 31.1. The molecule has 1 spiro atoms. The molecule has 1 atom stereocenters. The fourth-order valence-electron chi connectivity index (χ4n) is 2.81. The SMILES string of the molecule is C=C/C=C\C1=C(C)C2(CCNC2)CC1=C. The van der Waals surface area contributed by atoms with E-state index < -0.39 is 0 Å². The van der Waals surface area contributed by atoms with Gasteiger partial charge < -0.3 is 5.32 Å². The third-order valence-electron chi connectivity index (χ3n) is 3.77. The minimum absolute atomic E-state index is 0.373. The molecule has 0 aromatic rings. The fraction of sp³-hybridized carbons (Fsp3) is 0.429. The van der Waals surface area contributed by atoms with Gasteiger partial charge in [0.25, 0.3) is 0 Å². The van der Waals surface area contributed by atoms with Gasteiger partial charge in [-0.3, -0.25) is 0 Å². The minimum Gasteiger partial charge on any atom is -0.316 e. The standard InChI is InChI=1S/C14H19N/c1-4-5-6-13-11(2)9-14(12(13)3)7-8-15-10-14/h4-6,15H,1-2,7-10H2,3H3/b6-5-. The molecule has 1 aliphatic heterocycles. The Hall–Kier alpha value is -1.08. The molecule has 0 radical (unpaired) electrons. The van der Waals surface area contributed by atoms with Gasteiger partial charge in [-0.25, -0.2) is 0 Å². The monoisotopic (exact) mass is 201 g/mol. The van der Waals surface area contributed by atoms with E-state index in [1.165, 1.54) is 23.1 Å². The first kappa shape index (κ1) is 10.4. The van der Waals surface area contributed by atoms with Crippen molar-refractivity contribution in [1.29, 1.82) is 0 Å². The average molecular weight is 201 g/mol. The van der Waals surface area contributed by atoms with Gasteiger partial charge in [-0.2, -0.15) is 0 Å². The zero-order valence-electron chi connectivity index (χ0n) is 9.47. The quantitative estimate of drug-likeness (QED) is 0.677. The molecule has 1 nitrogen and oxygen atoms in total. The third kappa shape index (κ3) is 1.61. The van der Waals surface area contributed by atoms with E-state index in [4.69, 9.17) is 0 Å². The largest absolute Gasteiger partial charge is 0.316 e. The van der Waals surface area contributed by atoms with E-state index in [1.54, 1.807) is 0 Å². The Balaban J connectivity index is 2.34. The zero-order chi connectivity index (χ0) is 10.9. The summed E-state index contributed by atoms with van der Waals surface area (Å²) < 4.78 is 0. The van der Waals surface area contributed by atoms with E-state index in [1.807, 2.05) is 12.2 Å². The molecule has 2 aliphatic rings. The van der Waals surface area contributed by atoms with Crippen LogP contribution in [0.15, 0.2) is 48.1 Å². The Morgan fingerprint density at radius 3 is 2.87 bits per heavy atom. The summed E-state index contributed by atoms with van der Waals surface area (Å²) in [6, 6.07) is 0. The Labute approximate surface area is 92.3 Å². The molecule has 1 unspecified atom stereocenters. The summed E-state index contributed by atoms with van der Waals surface area (Å²) in [5.41, 5.74) is 4.52. The molecule has 1 aliphatic carbocycles. The van der Waals surface area contributed by atoms with Crippen LogP contribution >= 0.6 is 0 Å². The number of hydrogen-bond donors (Lipinski definition) is 1. The van der Waals surface area contributed by atoms with Crippen molar-refractivity contribution >= 4 is 0 Å². The highest BCUT2D eigenvalue weighted by Crippen LogP contribution is 2.49. The summed E-state index contributed by atoms with van der Waals surface area (Å²) in [6.45, 7) is 12.4. The molecule has 0 amide bonds. The maximum absolute atomic E-state index is 4.19. The van der Waals surface area contributed by atoms with Crippen molar-refractivity contribution in [3.8, 4) is 0 Å². The predicted octanol–water partition coefficient (Wildman–Crippen LogP) is 2.98. The summed E-state index contributed by atoms with van der Waals surface area (Å²) in [4.78, 5) is 0. The Morgan fingerprint density at radius 2 is 2.27 bits per heavy atom. The Morgan fingerprint density at radius 1 is 1.47 bits per heavy atom. The van der Waals surface area contributed by atoms with Crippen LogP contribution < -0.4 is 5.32 Å². The summed E-state index contributed by atoms with van der Waals surface area (Å²) in [7, 11) is 0. The van der Waals surface area contributed by atoms with Crippen LogP contribution in [0.3, 0.4) is 0 Å². The second-order valence-electron chi connectivity index (χ2n) is 4.62. The van der Waals surface area contributed by atoms with Gasteiger partial charge in [0, 0.05) is 12.0 Å². The lowest BCUT2D eigenvalue weighted by molar-refractivity contribution is 0.414. The molecule has 0 aromatic heterocycles. The molecular formula is C14H19N. The van der Waals surface area contributed by atoms with Gasteiger partial charge in [-0.1, -0.05) is 37.0 Å². The molecule has 15 heavy (non-hydrogen) atoms. The van der Waals surface area contributed by atoms with E-state index in [0.717, 1.165) is 19.5 Å². The van der Waals surface area contributed by atoms with Crippen LogP contribution in [-0.4, -0.2) is 13.1 Å². The topological polar surface area (TPSA) is 12.0 Å². The van der Waals surface area contributed by atoms with Crippen LogP contribution in [0.1, 0.15) is 19.8 Å². The molecule has 1 N–H and O–H groups in total. The summed E-state index contributed by atoms with van der Waals surface area (Å²) in [5, 5.41) is 3.46. The second kappa shape index (κ2) is 3.82. The van der Waals surface area contributed by atoms with Crippen molar-refractivity contribution in [2.45, 2.75) is 19.8 Å². The van der Waals surface area contributed by atoms with Crippen molar-refractivity contribution < 1.29 is 0 Å². The molecule has 1 heterocycles. The van der Waals surface area contributed by atoms with Crippen LogP contribution in [0.2, 0.25) is 0 Å². The number of allylic oxidation sites excluding steroid dienone is 5. The molecule has 1 fully saturated rings. The van der Waals surface area contributed by atoms with Gasteiger partial charge in [0.15, 0.2) is 0 Å². The highest BCUT2D eigenvalue weighted by Gasteiger charge is 2.41. The number of nitrogens with one attached hydrogen (secondary N) is 1. The number of hydrogen-bond acceptors (Lipinski definition) is 1. The predicted molar refractivity (Wildman–Crippen MR) is 65.7 cm³/mol. The maximum Gasteiger partial charge on any atom is 0.00953 e.